The molecule has 170 valence electrons. The zero-order valence-electron chi connectivity index (χ0n) is 18.4. The largest absolute Gasteiger partial charge is 0.489 e. The number of nitrogens with zero attached hydrogens (tertiary/aromatic N) is 1. The first-order valence-electron chi connectivity index (χ1n) is 11.3. The van der Waals surface area contributed by atoms with Gasteiger partial charge < -0.3 is 10.1 Å². The SMILES string of the molecule is CNS(=O)(=O)c1cc2c(c(C(=O)NCC3CCCN3CC3=CCCCC3)c1)OC(C)C2. The number of benzene rings is 1. The van der Waals surface area contributed by atoms with Crippen LogP contribution in [0.2, 0.25) is 0 Å². The maximum absolute atomic E-state index is 13.1. The van der Waals surface area contributed by atoms with E-state index in [0.29, 0.717) is 30.3 Å². The van der Waals surface area contributed by atoms with Gasteiger partial charge in [-0.2, -0.15) is 0 Å². The number of rotatable bonds is 7. The van der Waals surface area contributed by atoms with Crippen LogP contribution in [0.1, 0.15) is 61.4 Å². The smallest absolute Gasteiger partial charge is 0.255 e. The zero-order chi connectivity index (χ0) is 22.0. The molecular formula is C23H33N3O4S. The molecule has 0 bridgehead atoms. The summed E-state index contributed by atoms with van der Waals surface area (Å²) in [5.41, 5.74) is 2.59. The summed E-state index contributed by atoms with van der Waals surface area (Å²) in [5.74, 6) is 0.234. The molecule has 1 aromatic carbocycles. The summed E-state index contributed by atoms with van der Waals surface area (Å²) in [7, 11) is -2.28. The van der Waals surface area contributed by atoms with Crippen molar-refractivity contribution < 1.29 is 17.9 Å². The van der Waals surface area contributed by atoms with Crippen molar-refractivity contribution >= 4 is 15.9 Å². The van der Waals surface area contributed by atoms with E-state index in [2.05, 4.69) is 21.0 Å². The first-order valence-corrected chi connectivity index (χ1v) is 12.8. The highest BCUT2D eigenvalue weighted by atomic mass is 32.2. The van der Waals surface area contributed by atoms with E-state index in [1.54, 1.807) is 6.07 Å². The molecule has 31 heavy (non-hydrogen) atoms. The fraction of sp³-hybridized carbons (Fsp3) is 0.609. The Morgan fingerprint density at radius 3 is 2.84 bits per heavy atom. The van der Waals surface area contributed by atoms with Crippen molar-refractivity contribution in [1.82, 2.24) is 14.9 Å². The van der Waals surface area contributed by atoms with Crippen LogP contribution in [0.3, 0.4) is 0 Å². The number of amides is 1. The summed E-state index contributed by atoms with van der Waals surface area (Å²) < 4.78 is 32.9. The normalized spacial score (nSPS) is 23.9. The van der Waals surface area contributed by atoms with Crippen LogP contribution < -0.4 is 14.8 Å². The summed E-state index contributed by atoms with van der Waals surface area (Å²) in [6, 6.07) is 3.35. The van der Waals surface area contributed by atoms with E-state index in [1.807, 2.05) is 6.92 Å². The van der Waals surface area contributed by atoms with Crippen LogP contribution in [0.15, 0.2) is 28.7 Å². The predicted octanol–water partition coefficient (Wildman–Crippen LogP) is 2.61. The maximum atomic E-state index is 13.1. The molecule has 7 nitrogen and oxygen atoms in total. The second kappa shape index (κ2) is 9.30. The third kappa shape index (κ3) is 4.96. The third-order valence-corrected chi connectivity index (χ3v) is 7.97. The van der Waals surface area contributed by atoms with Gasteiger partial charge in [-0.25, -0.2) is 13.1 Å². The molecule has 8 heteroatoms. The van der Waals surface area contributed by atoms with Gasteiger partial charge in [-0.3, -0.25) is 9.69 Å². The van der Waals surface area contributed by atoms with E-state index in [0.717, 1.165) is 31.5 Å². The Hall–Kier alpha value is -1.90. The van der Waals surface area contributed by atoms with Crippen molar-refractivity contribution in [2.45, 2.75) is 68.9 Å². The summed E-state index contributed by atoms with van der Waals surface area (Å²) in [6.45, 7) is 4.53. The van der Waals surface area contributed by atoms with E-state index in [9.17, 15) is 13.2 Å². The van der Waals surface area contributed by atoms with Crippen molar-refractivity contribution in [3.8, 4) is 5.75 Å². The number of fused-ring (bicyclic) bond motifs is 1. The number of carbonyl (C=O) groups excluding carboxylic acids is 1. The van der Waals surface area contributed by atoms with E-state index >= 15 is 0 Å². The van der Waals surface area contributed by atoms with Crippen molar-refractivity contribution in [2.75, 3.05) is 26.7 Å². The number of sulfonamides is 1. The lowest BCUT2D eigenvalue weighted by molar-refractivity contribution is 0.0937. The van der Waals surface area contributed by atoms with Gasteiger partial charge in [0.15, 0.2) is 0 Å². The van der Waals surface area contributed by atoms with Gasteiger partial charge in [-0.1, -0.05) is 11.6 Å². The molecule has 0 radical (unpaired) electrons. The van der Waals surface area contributed by atoms with E-state index in [-0.39, 0.29) is 16.9 Å². The number of allylic oxidation sites excluding steroid dienone is 1. The van der Waals surface area contributed by atoms with Crippen LogP contribution in [0.4, 0.5) is 0 Å². The maximum Gasteiger partial charge on any atom is 0.255 e. The molecule has 0 aromatic heterocycles. The molecule has 1 aliphatic carbocycles. The molecule has 1 aromatic rings. The highest BCUT2D eigenvalue weighted by molar-refractivity contribution is 7.89. The standard InChI is InChI=1S/C23H33N3O4S/c1-16-11-18-12-20(31(28,29)24-2)13-21(22(18)30-16)23(27)25-14-19-9-6-10-26(19)15-17-7-4-3-5-8-17/h7,12-13,16,19,24H,3-6,8-11,14-15H2,1-2H3,(H,25,27). The molecule has 2 unspecified atom stereocenters. The van der Waals surface area contributed by atoms with Crippen molar-refractivity contribution in [2.24, 2.45) is 0 Å². The second-order valence-electron chi connectivity index (χ2n) is 8.88. The van der Waals surface area contributed by atoms with Gasteiger partial charge in [-0.15, -0.1) is 0 Å². The van der Waals surface area contributed by atoms with Gasteiger partial charge in [0, 0.05) is 25.6 Å². The Morgan fingerprint density at radius 2 is 2.10 bits per heavy atom. The van der Waals surface area contributed by atoms with Crippen LogP contribution in [-0.4, -0.2) is 58.1 Å². The highest BCUT2D eigenvalue weighted by Crippen LogP contribution is 2.35. The summed E-state index contributed by atoms with van der Waals surface area (Å²) in [5, 5.41) is 3.05. The van der Waals surface area contributed by atoms with Crippen molar-refractivity contribution in [3.63, 3.8) is 0 Å². The lowest BCUT2D eigenvalue weighted by atomic mass is 9.99. The molecule has 2 N–H and O–H groups in total. The molecule has 1 fully saturated rings. The molecule has 2 aliphatic heterocycles. The Labute approximate surface area is 185 Å². The molecule has 3 aliphatic rings. The van der Waals surface area contributed by atoms with Gasteiger partial charge in [0.2, 0.25) is 10.0 Å². The highest BCUT2D eigenvalue weighted by Gasteiger charge is 2.30. The lowest BCUT2D eigenvalue weighted by Gasteiger charge is -2.27. The number of ether oxygens (including phenoxy) is 1. The van der Waals surface area contributed by atoms with Crippen LogP contribution in [0, 0.1) is 0 Å². The summed E-state index contributed by atoms with van der Waals surface area (Å²) >= 11 is 0. The second-order valence-corrected chi connectivity index (χ2v) is 10.8. The molecule has 1 saturated heterocycles. The monoisotopic (exact) mass is 447 g/mol. The average Bonchev–Trinajstić information content (AvgIpc) is 3.36. The lowest BCUT2D eigenvalue weighted by Crippen LogP contribution is -2.41. The zero-order valence-corrected chi connectivity index (χ0v) is 19.3. The number of hydrogen-bond donors (Lipinski definition) is 2. The molecule has 2 heterocycles. The molecule has 1 amide bonds. The fourth-order valence-corrected chi connectivity index (χ4v) is 5.70. The topological polar surface area (TPSA) is 87.7 Å². The Bertz CT molecular complexity index is 973. The van der Waals surface area contributed by atoms with E-state index in [1.165, 1.54) is 44.4 Å². The predicted molar refractivity (Wildman–Crippen MR) is 120 cm³/mol. The van der Waals surface area contributed by atoms with E-state index < -0.39 is 10.0 Å². The molecule has 2 atom stereocenters. The number of nitrogens with one attached hydrogen (secondary N) is 2. The van der Waals surface area contributed by atoms with Crippen LogP contribution in [-0.2, 0) is 16.4 Å². The van der Waals surface area contributed by atoms with Crippen molar-refractivity contribution in [1.29, 1.82) is 0 Å². The average molecular weight is 448 g/mol. The first kappa shape index (κ1) is 22.3. The number of likely N-dealkylation sites (tertiary alicyclic amines) is 1. The van der Waals surface area contributed by atoms with Crippen LogP contribution in [0.25, 0.3) is 0 Å². The van der Waals surface area contributed by atoms with E-state index in [4.69, 9.17) is 4.74 Å². The minimum atomic E-state index is -3.65. The van der Waals surface area contributed by atoms with Gasteiger partial charge >= 0.3 is 0 Å². The summed E-state index contributed by atoms with van der Waals surface area (Å²) in [6.07, 6.45) is 10.0. The van der Waals surface area contributed by atoms with Crippen LogP contribution in [0.5, 0.6) is 5.75 Å². The fourth-order valence-electron chi connectivity index (χ4n) is 4.89. The molecule has 4 rings (SSSR count). The molecule has 0 spiro atoms. The van der Waals surface area contributed by atoms with Gasteiger partial charge in [0.25, 0.3) is 5.91 Å². The van der Waals surface area contributed by atoms with Gasteiger partial charge in [0.05, 0.1) is 10.5 Å². The van der Waals surface area contributed by atoms with Crippen LogP contribution >= 0.6 is 0 Å². The minimum absolute atomic E-state index is 0.0804. The van der Waals surface area contributed by atoms with Gasteiger partial charge in [0.1, 0.15) is 11.9 Å². The third-order valence-electron chi connectivity index (χ3n) is 6.58. The quantitative estimate of drug-likeness (QED) is 0.628. The Balaban J connectivity index is 1.47. The molecule has 0 saturated carbocycles. The number of carbonyl (C=O) groups is 1. The first-order chi connectivity index (χ1) is 14.9. The Kier molecular flexibility index (Phi) is 6.69. The minimum Gasteiger partial charge on any atom is -0.489 e. The summed E-state index contributed by atoms with van der Waals surface area (Å²) in [4.78, 5) is 15.7. The van der Waals surface area contributed by atoms with Crippen molar-refractivity contribution in [3.05, 3.63) is 34.9 Å². The Morgan fingerprint density at radius 1 is 1.26 bits per heavy atom. The molecular weight excluding hydrogens is 414 g/mol. The van der Waals surface area contributed by atoms with Gasteiger partial charge in [-0.05, 0) is 76.7 Å². The number of hydrogen-bond acceptors (Lipinski definition) is 5.